The van der Waals surface area contributed by atoms with Gasteiger partial charge in [-0.05, 0) is 22.9 Å². The van der Waals surface area contributed by atoms with E-state index in [0.717, 1.165) is 5.56 Å². The third-order valence-corrected chi connectivity index (χ3v) is 2.71. The molecule has 0 aliphatic heterocycles. The first-order chi connectivity index (χ1) is 8.25. The summed E-state index contributed by atoms with van der Waals surface area (Å²) in [5, 5.41) is 18.5. The maximum Gasteiger partial charge on any atom is 0.271 e. The van der Waals surface area contributed by atoms with Gasteiger partial charge in [0.1, 0.15) is 0 Å². The van der Waals surface area contributed by atoms with Gasteiger partial charge in [-0.2, -0.15) is 16.4 Å². The maximum absolute atomic E-state index is 10.6. The highest BCUT2D eigenvalue weighted by Gasteiger charge is 2.04. The van der Waals surface area contributed by atoms with Crippen molar-refractivity contribution in [3.8, 4) is 0 Å². The van der Waals surface area contributed by atoms with Crippen LogP contribution in [0.4, 0.5) is 11.4 Å². The van der Waals surface area contributed by atoms with Gasteiger partial charge in [-0.1, -0.05) is 6.07 Å². The fourth-order valence-electron chi connectivity index (χ4n) is 1.22. The Balaban J connectivity index is 2.04. The second kappa shape index (κ2) is 5.22. The van der Waals surface area contributed by atoms with E-state index in [1.54, 1.807) is 29.7 Å². The molecule has 1 aromatic carbocycles. The van der Waals surface area contributed by atoms with Crippen molar-refractivity contribution in [3.63, 3.8) is 0 Å². The van der Waals surface area contributed by atoms with Crippen molar-refractivity contribution in [2.45, 2.75) is 0 Å². The molecule has 0 amide bonds. The molecular formula is C11H9N3O2S. The molecule has 1 aromatic heterocycles. The Hall–Kier alpha value is -2.21. The molecular weight excluding hydrogens is 238 g/mol. The van der Waals surface area contributed by atoms with Crippen molar-refractivity contribution in [3.05, 3.63) is 56.8 Å². The predicted molar refractivity (Wildman–Crippen MR) is 68.6 cm³/mol. The van der Waals surface area contributed by atoms with Crippen LogP contribution in [0.15, 0.2) is 46.2 Å². The number of rotatable bonds is 4. The number of benzene rings is 1. The van der Waals surface area contributed by atoms with Crippen LogP contribution in [0.1, 0.15) is 5.56 Å². The van der Waals surface area contributed by atoms with Crippen LogP contribution in [-0.2, 0) is 0 Å². The molecule has 2 rings (SSSR count). The largest absolute Gasteiger partial charge is 0.278 e. The lowest BCUT2D eigenvalue weighted by molar-refractivity contribution is -0.384. The second-order valence-electron chi connectivity index (χ2n) is 3.23. The lowest BCUT2D eigenvalue weighted by Crippen LogP contribution is -1.92. The minimum Gasteiger partial charge on any atom is -0.278 e. The number of hydrogen-bond donors (Lipinski definition) is 1. The van der Waals surface area contributed by atoms with Crippen molar-refractivity contribution in [1.29, 1.82) is 0 Å². The van der Waals surface area contributed by atoms with E-state index in [2.05, 4.69) is 10.5 Å². The minimum atomic E-state index is -0.437. The molecule has 5 nitrogen and oxygen atoms in total. The van der Waals surface area contributed by atoms with E-state index in [4.69, 9.17) is 0 Å². The van der Waals surface area contributed by atoms with Crippen LogP contribution in [0.5, 0.6) is 0 Å². The summed E-state index contributed by atoms with van der Waals surface area (Å²) >= 11 is 1.58. The number of hydrogen-bond acceptors (Lipinski definition) is 5. The summed E-state index contributed by atoms with van der Waals surface area (Å²) in [5.41, 5.74) is 4.37. The van der Waals surface area contributed by atoms with Crippen LogP contribution in [0, 0.1) is 10.1 Å². The van der Waals surface area contributed by atoms with Crippen molar-refractivity contribution in [2.24, 2.45) is 5.10 Å². The van der Waals surface area contributed by atoms with Crippen LogP contribution < -0.4 is 5.43 Å². The van der Waals surface area contributed by atoms with E-state index >= 15 is 0 Å². The monoisotopic (exact) mass is 247 g/mol. The van der Waals surface area contributed by atoms with Crippen molar-refractivity contribution in [1.82, 2.24) is 0 Å². The SMILES string of the molecule is O=[N+]([O-])c1cccc(N/N=C\c2ccsc2)c1. The first-order valence-corrected chi connectivity index (χ1v) is 5.76. The summed E-state index contributed by atoms with van der Waals surface area (Å²) in [6.45, 7) is 0. The first-order valence-electron chi connectivity index (χ1n) is 4.81. The fourth-order valence-corrected chi connectivity index (χ4v) is 1.83. The van der Waals surface area contributed by atoms with Crippen LogP contribution in [0.3, 0.4) is 0 Å². The van der Waals surface area contributed by atoms with Gasteiger partial charge in [-0.15, -0.1) is 0 Å². The van der Waals surface area contributed by atoms with E-state index in [1.165, 1.54) is 12.1 Å². The Morgan fingerprint density at radius 3 is 3.00 bits per heavy atom. The predicted octanol–water partition coefficient (Wildman–Crippen LogP) is 3.10. The zero-order valence-corrected chi connectivity index (χ0v) is 9.55. The smallest absolute Gasteiger partial charge is 0.271 e. The average Bonchev–Trinajstić information content (AvgIpc) is 2.82. The highest BCUT2D eigenvalue weighted by atomic mass is 32.1. The van der Waals surface area contributed by atoms with Crippen LogP contribution in [0.25, 0.3) is 0 Å². The number of anilines is 1. The standard InChI is InChI=1S/C11H9N3O2S/c15-14(16)11-3-1-2-10(6-11)13-12-7-9-4-5-17-8-9/h1-8,13H/b12-7-. The molecule has 0 spiro atoms. The maximum atomic E-state index is 10.6. The van der Waals surface area contributed by atoms with Gasteiger partial charge in [0.2, 0.25) is 0 Å². The lowest BCUT2D eigenvalue weighted by atomic mass is 10.3. The summed E-state index contributed by atoms with van der Waals surface area (Å²) < 4.78 is 0. The van der Waals surface area contributed by atoms with Crippen LogP contribution >= 0.6 is 11.3 Å². The normalized spacial score (nSPS) is 10.6. The average molecular weight is 247 g/mol. The van der Waals surface area contributed by atoms with Gasteiger partial charge in [-0.3, -0.25) is 15.5 Å². The molecule has 1 N–H and O–H groups in total. The Morgan fingerprint density at radius 1 is 1.41 bits per heavy atom. The van der Waals surface area contributed by atoms with E-state index in [0.29, 0.717) is 5.69 Å². The number of non-ortho nitro benzene ring substituents is 1. The number of nitro benzene ring substituents is 1. The van der Waals surface area contributed by atoms with Crippen LogP contribution in [0.2, 0.25) is 0 Å². The van der Waals surface area contributed by atoms with Gasteiger partial charge in [0.05, 0.1) is 16.8 Å². The zero-order valence-electron chi connectivity index (χ0n) is 8.74. The summed E-state index contributed by atoms with van der Waals surface area (Å²) in [6, 6.07) is 8.14. The Morgan fingerprint density at radius 2 is 2.29 bits per heavy atom. The van der Waals surface area contributed by atoms with Crippen molar-refractivity contribution >= 4 is 28.9 Å². The fraction of sp³-hybridized carbons (Fsp3) is 0. The molecule has 0 atom stereocenters. The summed E-state index contributed by atoms with van der Waals surface area (Å²) in [5.74, 6) is 0. The van der Waals surface area contributed by atoms with Crippen molar-refractivity contribution < 1.29 is 4.92 Å². The molecule has 2 aromatic rings. The topological polar surface area (TPSA) is 67.5 Å². The first kappa shape index (κ1) is 11.3. The molecule has 86 valence electrons. The third-order valence-electron chi connectivity index (χ3n) is 2.01. The van der Waals surface area contributed by atoms with Gasteiger partial charge in [-0.25, -0.2) is 0 Å². The molecule has 0 saturated carbocycles. The quantitative estimate of drug-likeness (QED) is 0.512. The van der Waals surface area contributed by atoms with Crippen molar-refractivity contribution in [2.75, 3.05) is 5.43 Å². The summed E-state index contributed by atoms with van der Waals surface area (Å²) in [6.07, 6.45) is 1.66. The molecule has 0 saturated heterocycles. The van der Waals surface area contributed by atoms with Gasteiger partial charge in [0.15, 0.2) is 0 Å². The summed E-state index contributed by atoms with van der Waals surface area (Å²) in [4.78, 5) is 10.1. The Bertz CT molecular complexity index is 537. The van der Waals surface area contributed by atoms with E-state index in [-0.39, 0.29) is 5.69 Å². The number of thiophene rings is 1. The highest BCUT2D eigenvalue weighted by molar-refractivity contribution is 7.08. The molecule has 0 aliphatic carbocycles. The van der Waals surface area contributed by atoms with E-state index in [9.17, 15) is 10.1 Å². The van der Waals surface area contributed by atoms with Gasteiger partial charge >= 0.3 is 0 Å². The molecule has 6 heteroatoms. The second-order valence-corrected chi connectivity index (χ2v) is 4.01. The molecule has 1 heterocycles. The number of hydrazone groups is 1. The molecule has 0 aliphatic rings. The highest BCUT2D eigenvalue weighted by Crippen LogP contribution is 2.16. The molecule has 0 bridgehead atoms. The Labute approximate surface area is 102 Å². The van der Waals surface area contributed by atoms with E-state index < -0.39 is 4.92 Å². The molecule has 0 unspecified atom stereocenters. The van der Waals surface area contributed by atoms with E-state index in [1.807, 2.05) is 16.8 Å². The van der Waals surface area contributed by atoms with Gasteiger partial charge < -0.3 is 0 Å². The third kappa shape index (κ3) is 3.12. The number of nitro groups is 1. The number of nitrogens with zero attached hydrogens (tertiary/aromatic N) is 2. The Kier molecular flexibility index (Phi) is 3.46. The van der Waals surface area contributed by atoms with Crippen LogP contribution in [-0.4, -0.2) is 11.1 Å². The zero-order chi connectivity index (χ0) is 12.1. The molecule has 0 fully saturated rings. The minimum absolute atomic E-state index is 0.0423. The van der Waals surface area contributed by atoms with Gasteiger partial charge in [0, 0.05) is 17.7 Å². The summed E-state index contributed by atoms with van der Waals surface area (Å²) in [7, 11) is 0. The lowest BCUT2D eigenvalue weighted by Gasteiger charge is -1.98. The molecule has 17 heavy (non-hydrogen) atoms. The molecule has 0 radical (unpaired) electrons. The number of nitrogens with one attached hydrogen (secondary N) is 1. The van der Waals surface area contributed by atoms with Gasteiger partial charge in [0.25, 0.3) is 5.69 Å².